The molecule has 0 aliphatic carbocycles. The van der Waals surface area contributed by atoms with Gasteiger partial charge >= 0.3 is 0 Å². The molecule has 0 unspecified atom stereocenters. The molecule has 0 amide bonds. The Labute approximate surface area is 119 Å². The van der Waals surface area contributed by atoms with Gasteiger partial charge in [-0.2, -0.15) is 0 Å². The van der Waals surface area contributed by atoms with E-state index in [1.807, 2.05) is 0 Å². The van der Waals surface area contributed by atoms with Crippen LogP contribution in [0.1, 0.15) is 10.4 Å². The van der Waals surface area contributed by atoms with Crippen LogP contribution in [-0.4, -0.2) is 24.7 Å². The lowest BCUT2D eigenvalue weighted by atomic mass is 10.2. The van der Waals surface area contributed by atoms with E-state index in [4.69, 9.17) is 9.47 Å². The molecule has 0 spiro atoms. The van der Waals surface area contributed by atoms with Crippen LogP contribution >= 0.6 is 0 Å². The monoisotopic (exact) mass is 290 g/mol. The molecule has 0 N–H and O–H groups in total. The van der Waals surface area contributed by atoms with Gasteiger partial charge in [0.2, 0.25) is 0 Å². The smallest absolute Gasteiger partial charge is 0.151 e. The summed E-state index contributed by atoms with van der Waals surface area (Å²) >= 11 is 0. The third-order valence-electron chi connectivity index (χ3n) is 2.82. The minimum absolute atomic E-state index is 0.399. The normalized spacial score (nSPS) is 11.7. The standard InChI is InChI=1S/C15H14O4S/c1-18-12-7-8-13(19-2)15(9-12)20(17)14-6-4-3-5-11(14)10-16/h3-10H,1-2H3/t20-/m0/s1. The largest absolute Gasteiger partial charge is 0.497 e. The summed E-state index contributed by atoms with van der Waals surface area (Å²) in [4.78, 5) is 12.0. The first-order valence-corrected chi connectivity index (χ1v) is 7.04. The summed E-state index contributed by atoms with van der Waals surface area (Å²) in [6.45, 7) is 0. The molecule has 0 fully saturated rings. The predicted molar refractivity (Wildman–Crippen MR) is 76.0 cm³/mol. The Hall–Kier alpha value is -2.14. The van der Waals surface area contributed by atoms with Crippen molar-refractivity contribution in [1.82, 2.24) is 0 Å². The summed E-state index contributed by atoms with van der Waals surface area (Å²) in [5.74, 6) is 1.07. The first kappa shape index (κ1) is 14.3. The summed E-state index contributed by atoms with van der Waals surface area (Å²) in [5.41, 5.74) is 0.399. The van der Waals surface area contributed by atoms with Gasteiger partial charge < -0.3 is 9.47 Å². The Kier molecular flexibility index (Phi) is 4.53. The molecule has 0 saturated carbocycles. The van der Waals surface area contributed by atoms with Crippen molar-refractivity contribution in [1.29, 1.82) is 0 Å². The summed E-state index contributed by atoms with van der Waals surface area (Å²) in [6, 6.07) is 11.8. The van der Waals surface area contributed by atoms with E-state index in [2.05, 4.69) is 0 Å². The molecule has 0 bridgehead atoms. The van der Waals surface area contributed by atoms with Gasteiger partial charge in [0.05, 0.1) is 34.8 Å². The van der Waals surface area contributed by atoms with E-state index in [0.717, 1.165) is 0 Å². The summed E-state index contributed by atoms with van der Waals surface area (Å²) < 4.78 is 23.1. The topological polar surface area (TPSA) is 52.6 Å². The van der Waals surface area contributed by atoms with Gasteiger partial charge in [-0.3, -0.25) is 4.79 Å². The molecule has 2 rings (SSSR count). The van der Waals surface area contributed by atoms with Crippen molar-refractivity contribution >= 4 is 17.1 Å². The zero-order chi connectivity index (χ0) is 14.5. The molecular weight excluding hydrogens is 276 g/mol. The fourth-order valence-corrected chi connectivity index (χ4v) is 3.12. The second kappa shape index (κ2) is 6.34. The highest BCUT2D eigenvalue weighted by Crippen LogP contribution is 2.30. The molecule has 5 heteroatoms. The average molecular weight is 290 g/mol. The van der Waals surface area contributed by atoms with Crippen LogP contribution in [0.3, 0.4) is 0 Å². The molecule has 104 valence electrons. The van der Waals surface area contributed by atoms with Crippen molar-refractivity contribution in [2.24, 2.45) is 0 Å². The number of hydrogen-bond donors (Lipinski definition) is 0. The van der Waals surface area contributed by atoms with Gasteiger partial charge in [0.25, 0.3) is 0 Å². The van der Waals surface area contributed by atoms with Crippen molar-refractivity contribution in [2.45, 2.75) is 9.79 Å². The van der Waals surface area contributed by atoms with Crippen LogP contribution in [0, 0.1) is 0 Å². The Bertz CT molecular complexity index is 652. The maximum Gasteiger partial charge on any atom is 0.151 e. The second-order valence-electron chi connectivity index (χ2n) is 3.94. The molecule has 20 heavy (non-hydrogen) atoms. The molecule has 0 saturated heterocycles. The number of carbonyl (C=O) groups is 1. The quantitative estimate of drug-likeness (QED) is 0.794. The number of aldehydes is 1. The lowest BCUT2D eigenvalue weighted by molar-refractivity contribution is 0.112. The Balaban J connectivity index is 2.55. The van der Waals surface area contributed by atoms with Crippen LogP contribution in [0.4, 0.5) is 0 Å². The molecular formula is C15H14O4S. The third kappa shape index (κ3) is 2.72. The lowest BCUT2D eigenvalue weighted by Crippen LogP contribution is -2.01. The van der Waals surface area contributed by atoms with E-state index in [0.29, 0.717) is 33.1 Å². The third-order valence-corrected chi connectivity index (χ3v) is 4.31. The number of rotatable bonds is 5. The van der Waals surface area contributed by atoms with Gasteiger partial charge in [-0.25, -0.2) is 4.21 Å². The minimum Gasteiger partial charge on any atom is -0.497 e. The number of carbonyl (C=O) groups excluding carboxylic acids is 1. The van der Waals surface area contributed by atoms with Gasteiger partial charge in [0.1, 0.15) is 11.5 Å². The van der Waals surface area contributed by atoms with Crippen LogP contribution in [-0.2, 0) is 10.8 Å². The second-order valence-corrected chi connectivity index (χ2v) is 5.36. The van der Waals surface area contributed by atoms with Gasteiger partial charge in [-0.1, -0.05) is 18.2 Å². The van der Waals surface area contributed by atoms with Crippen molar-refractivity contribution in [3.05, 3.63) is 48.0 Å². The minimum atomic E-state index is -1.52. The molecule has 2 aromatic carbocycles. The summed E-state index contributed by atoms with van der Waals surface area (Å²) in [5, 5.41) is 0. The Morgan fingerprint density at radius 3 is 2.40 bits per heavy atom. The highest BCUT2D eigenvalue weighted by Gasteiger charge is 2.16. The van der Waals surface area contributed by atoms with E-state index >= 15 is 0 Å². The highest BCUT2D eigenvalue weighted by molar-refractivity contribution is 7.85. The predicted octanol–water partition coefficient (Wildman–Crippen LogP) is 2.68. The molecule has 1 atom stereocenters. The first-order valence-electron chi connectivity index (χ1n) is 5.89. The van der Waals surface area contributed by atoms with E-state index < -0.39 is 10.8 Å². The van der Waals surface area contributed by atoms with Crippen LogP contribution in [0.15, 0.2) is 52.3 Å². The highest BCUT2D eigenvalue weighted by atomic mass is 32.2. The molecule has 2 aromatic rings. The van der Waals surface area contributed by atoms with Gasteiger partial charge in [0, 0.05) is 11.6 Å². The van der Waals surface area contributed by atoms with E-state index in [1.165, 1.54) is 14.2 Å². The first-order chi connectivity index (χ1) is 9.71. The molecule has 0 heterocycles. The molecule has 0 aromatic heterocycles. The molecule has 0 aliphatic rings. The average Bonchev–Trinajstić information content (AvgIpc) is 2.53. The van der Waals surface area contributed by atoms with E-state index in [1.54, 1.807) is 42.5 Å². The number of hydrogen-bond acceptors (Lipinski definition) is 4. The zero-order valence-corrected chi connectivity index (χ0v) is 12.0. The van der Waals surface area contributed by atoms with Crippen molar-refractivity contribution in [3.8, 4) is 11.5 Å². The van der Waals surface area contributed by atoms with Crippen molar-refractivity contribution in [2.75, 3.05) is 14.2 Å². The van der Waals surface area contributed by atoms with Crippen molar-refractivity contribution in [3.63, 3.8) is 0 Å². The van der Waals surface area contributed by atoms with Crippen LogP contribution in [0.2, 0.25) is 0 Å². The van der Waals surface area contributed by atoms with Crippen LogP contribution in [0.5, 0.6) is 11.5 Å². The van der Waals surface area contributed by atoms with E-state index in [9.17, 15) is 9.00 Å². The summed E-state index contributed by atoms with van der Waals surface area (Å²) in [7, 11) is 1.53. The van der Waals surface area contributed by atoms with Crippen molar-refractivity contribution < 1.29 is 18.5 Å². The van der Waals surface area contributed by atoms with E-state index in [-0.39, 0.29) is 0 Å². The number of methoxy groups -OCH3 is 2. The SMILES string of the molecule is COc1ccc(OC)c([S@@](=O)c2ccccc2C=O)c1. The number of ether oxygens (including phenoxy) is 2. The molecule has 0 radical (unpaired) electrons. The Morgan fingerprint density at radius 1 is 1.00 bits per heavy atom. The fourth-order valence-electron chi connectivity index (χ4n) is 1.79. The summed E-state index contributed by atoms with van der Waals surface area (Å²) in [6.07, 6.45) is 0.694. The molecule has 4 nitrogen and oxygen atoms in total. The van der Waals surface area contributed by atoms with Crippen LogP contribution < -0.4 is 9.47 Å². The molecule has 0 aliphatic heterocycles. The lowest BCUT2D eigenvalue weighted by Gasteiger charge is -2.11. The van der Waals surface area contributed by atoms with Gasteiger partial charge in [-0.05, 0) is 18.2 Å². The van der Waals surface area contributed by atoms with Crippen LogP contribution in [0.25, 0.3) is 0 Å². The zero-order valence-electron chi connectivity index (χ0n) is 11.2. The number of benzene rings is 2. The fraction of sp³-hybridized carbons (Fsp3) is 0.133. The Morgan fingerprint density at radius 2 is 1.75 bits per heavy atom. The van der Waals surface area contributed by atoms with Gasteiger partial charge in [-0.15, -0.1) is 0 Å². The maximum absolute atomic E-state index is 12.7. The maximum atomic E-state index is 12.7. The van der Waals surface area contributed by atoms with Gasteiger partial charge in [0.15, 0.2) is 6.29 Å².